The molecular weight excluding hydrogens is 474 g/mol. The summed E-state index contributed by atoms with van der Waals surface area (Å²) in [6.45, 7) is 10.5. The van der Waals surface area contributed by atoms with Crippen molar-refractivity contribution in [2.75, 3.05) is 31.5 Å². The highest BCUT2D eigenvalue weighted by molar-refractivity contribution is 9.10. The monoisotopic (exact) mass is 501 g/mol. The quantitative estimate of drug-likeness (QED) is 0.519. The average Bonchev–Trinajstić information content (AvgIpc) is 3.36. The van der Waals surface area contributed by atoms with Gasteiger partial charge >= 0.3 is 0 Å². The van der Waals surface area contributed by atoms with Crippen molar-refractivity contribution in [1.82, 2.24) is 29.4 Å². The van der Waals surface area contributed by atoms with E-state index in [4.69, 9.17) is 12.2 Å². The van der Waals surface area contributed by atoms with Crippen LogP contribution in [0.3, 0.4) is 0 Å². The van der Waals surface area contributed by atoms with E-state index in [0.717, 1.165) is 50.1 Å². The van der Waals surface area contributed by atoms with E-state index in [0.29, 0.717) is 6.54 Å². The lowest BCUT2D eigenvalue weighted by molar-refractivity contribution is 0.176. The van der Waals surface area contributed by atoms with Crippen LogP contribution in [0, 0.1) is 6.92 Å². The van der Waals surface area contributed by atoms with Crippen LogP contribution in [0.2, 0.25) is 0 Å². The molecule has 164 valence electrons. The second-order valence-electron chi connectivity index (χ2n) is 7.78. The molecule has 1 aromatic carbocycles. The second-order valence-corrected chi connectivity index (χ2v) is 9.02. The Kier molecular flexibility index (Phi) is 7.04. The summed E-state index contributed by atoms with van der Waals surface area (Å²) in [5, 5.41) is 13.0. The number of hydrogen-bond acceptors (Lipinski definition) is 4. The first-order valence-corrected chi connectivity index (χ1v) is 11.8. The summed E-state index contributed by atoms with van der Waals surface area (Å²) in [7, 11) is 0. The van der Waals surface area contributed by atoms with Crippen molar-refractivity contribution in [3.05, 3.63) is 64.1 Å². The largest absolute Gasteiger partial charge is 0.346 e. The summed E-state index contributed by atoms with van der Waals surface area (Å²) >= 11 is 9.31. The first kappa shape index (κ1) is 22.0. The van der Waals surface area contributed by atoms with Gasteiger partial charge in [-0.2, -0.15) is 10.2 Å². The van der Waals surface area contributed by atoms with Crippen LogP contribution < -0.4 is 5.32 Å². The number of nitrogens with one attached hydrogen (secondary N) is 1. The van der Waals surface area contributed by atoms with E-state index in [9.17, 15) is 0 Å². The molecule has 0 radical (unpaired) electrons. The maximum Gasteiger partial charge on any atom is 0.173 e. The van der Waals surface area contributed by atoms with Gasteiger partial charge in [0.1, 0.15) is 0 Å². The zero-order chi connectivity index (χ0) is 21.8. The van der Waals surface area contributed by atoms with Crippen LogP contribution >= 0.6 is 28.1 Å². The molecule has 31 heavy (non-hydrogen) atoms. The van der Waals surface area contributed by atoms with Crippen LogP contribution in [0.5, 0.6) is 0 Å². The van der Waals surface area contributed by atoms with Gasteiger partial charge in [-0.25, -0.2) is 0 Å². The molecule has 1 N–H and O–H groups in total. The number of aromatic nitrogens is 4. The lowest BCUT2D eigenvalue weighted by atomic mass is 10.2. The van der Waals surface area contributed by atoms with Crippen LogP contribution in [0.4, 0.5) is 5.69 Å². The third-order valence-electron chi connectivity index (χ3n) is 5.73. The predicted octanol–water partition coefficient (Wildman–Crippen LogP) is 3.73. The molecule has 0 atom stereocenters. The van der Waals surface area contributed by atoms with Gasteiger partial charge in [0, 0.05) is 61.2 Å². The summed E-state index contributed by atoms with van der Waals surface area (Å²) in [5.41, 5.74) is 4.61. The Morgan fingerprint density at radius 3 is 2.55 bits per heavy atom. The van der Waals surface area contributed by atoms with Gasteiger partial charge in [0.05, 0.1) is 24.6 Å². The molecule has 0 saturated carbocycles. The van der Waals surface area contributed by atoms with E-state index in [1.54, 1.807) is 0 Å². The van der Waals surface area contributed by atoms with Gasteiger partial charge in [-0.1, -0.05) is 34.1 Å². The molecule has 0 spiro atoms. The SMILES string of the molecule is CCn1ncc(Cn2cc(NC(=S)N3CCN(Cc4ccccc4Br)CC3)cn2)c1C. The number of nitrogens with zero attached hydrogens (tertiary/aromatic N) is 6. The smallest absolute Gasteiger partial charge is 0.173 e. The molecule has 3 aromatic rings. The van der Waals surface area contributed by atoms with Gasteiger partial charge in [-0.05, 0) is 37.7 Å². The molecule has 1 aliphatic heterocycles. The molecule has 1 saturated heterocycles. The molecular formula is C22H28BrN7S. The topological polar surface area (TPSA) is 54.2 Å². The van der Waals surface area contributed by atoms with Crippen molar-refractivity contribution < 1.29 is 0 Å². The number of hydrogen-bond donors (Lipinski definition) is 1. The number of rotatable bonds is 6. The van der Waals surface area contributed by atoms with Gasteiger partial charge in [-0.3, -0.25) is 14.3 Å². The lowest BCUT2D eigenvalue weighted by Crippen LogP contribution is -2.49. The number of halogens is 1. The zero-order valence-corrected chi connectivity index (χ0v) is 20.4. The van der Waals surface area contributed by atoms with Crippen molar-refractivity contribution >= 4 is 38.9 Å². The van der Waals surface area contributed by atoms with E-state index < -0.39 is 0 Å². The highest BCUT2D eigenvalue weighted by Gasteiger charge is 2.20. The van der Waals surface area contributed by atoms with Gasteiger partial charge in [0.2, 0.25) is 0 Å². The molecule has 4 rings (SSSR count). The third-order valence-corrected chi connectivity index (χ3v) is 6.87. The van der Waals surface area contributed by atoms with E-state index in [-0.39, 0.29) is 0 Å². The Labute approximate surface area is 197 Å². The molecule has 2 aromatic heterocycles. The minimum atomic E-state index is 0.702. The Hall–Kier alpha value is -2.23. The Morgan fingerprint density at radius 2 is 1.84 bits per heavy atom. The molecule has 0 bridgehead atoms. The van der Waals surface area contributed by atoms with Crippen molar-refractivity contribution in [3.63, 3.8) is 0 Å². The first-order valence-electron chi connectivity index (χ1n) is 10.6. The summed E-state index contributed by atoms with van der Waals surface area (Å²) in [6, 6.07) is 8.42. The fourth-order valence-corrected chi connectivity index (χ4v) is 4.54. The van der Waals surface area contributed by atoms with Crippen LogP contribution in [0.1, 0.15) is 23.7 Å². The molecule has 1 fully saturated rings. The van der Waals surface area contributed by atoms with Gasteiger partial charge < -0.3 is 10.2 Å². The van der Waals surface area contributed by atoms with Crippen LogP contribution in [-0.2, 0) is 19.6 Å². The molecule has 0 aliphatic carbocycles. The minimum absolute atomic E-state index is 0.702. The zero-order valence-electron chi connectivity index (χ0n) is 18.0. The number of benzene rings is 1. The molecule has 1 aliphatic rings. The Balaban J connectivity index is 1.27. The first-order chi connectivity index (χ1) is 15.0. The van der Waals surface area contributed by atoms with Gasteiger partial charge in [0.15, 0.2) is 5.11 Å². The molecule has 0 amide bonds. The van der Waals surface area contributed by atoms with Crippen molar-refractivity contribution in [1.29, 1.82) is 0 Å². The lowest BCUT2D eigenvalue weighted by Gasteiger charge is -2.36. The van der Waals surface area contributed by atoms with Crippen molar-refractivity contribution in [2.45, 2.75) is 33.5 Å². The van der Waals surface area contributed by atoms with Gasteiger partial charge in [0.25, 0.3) is 0 Å². The van der Waals surface area contributed by atoms with Crippen molar-refractivity contribution in [3.8, 4) is 0 Å². The normalized spacial score (nSPS) is 14.7. The number of thiocarbonyl (C=S) groups is 1. The van der Waals surface area contributed by atoms with Crippen molar-refractivity contribution in [2.24, 2.45) is 0 Å². The summed E-state index contributed by atoms with van der Waals surface area (Å²) in [6.07, 6.45) is 5.75. The summed E-state index contributed by atoms with van der Waals surface area (Å²) < 4.78 is 5.09. The van der Waals surface area contributed by atoms with E-state index in [1.807, 2.05) is 28.0 Å². The average molecular weight is 502 g/mol. The van der Waals surface area contributed by atoms with Crippen LogP contribution in [0.15, 0.2) is 47.3 Å². The summed E-state index contributed by atoms with van der Waals surface area (Å²) in [5.74, 6) is 0. The molecule has 7 nitrogen and oxygen atoms in total. The maximum absolute atomic E-state index is 5.66. The van der Waals surface area contributed by atoms with E-state index in [1.165, 1.54) is 21.3 Å². The minimum Gasteiger partial charge on any atom is -0.346 e. The Bertz CT molecular complexity index is 1040. The third kappa shape index (κ3) is 5.34. The highest BCUT2D eigenvalue weighted by atomic mass is 79.9. The fraction of sp³-hybridized carbons (Fsp3) is 0.409. The van der Waals surface area contributed by atoms with Crippen LogP contribution in [-0.4, -0.2) is 60.7 Å². The van der Waals surface area contributed by atoms with E-state index >= 15 is 0 Å². The molecule has 9 heteroatoms. The number of piperazine rings is 1. The maximum atomic E-state index is 5.66. The molecule has 3 heterocycles. The van der Waals surface area contributed by atoms with Gasteiger partial charge in [-0.15, -0.1) is 0 Å². The number of anilines is 1. The predicted molar refractivity (Wildman–Crippen MR) is 131 cm³/mol. The highest BCUT2D eigenvalue weighted by Crippen LogP contribution is 2.19. The molecule has 0 unspecified atom stereocenters. The van der Waals surface area contributed by atoms with E-state index in [2.05, 4.69) is 79.4 Å². The van der Waals surface area contributed by atoms with Crippen LogP contribution in [0.25, 0.3) is 0 Å². The fourth-order valence-electron chi connectivity index (χ4n) is 3.83. The number of aryl methyl sites for hydroxylation is 1. The standard InChI is InChI=1S/C22H28BrN7S/c1-3-30-17(2)19(12-25-30)15-29-16-20(13-24-29)26-22(31)28-10-8-27(9-11-28)14-18-6-4-5-7-21(18)23/h4-7,12-13,16H,3,8-11,14-15H2,1-2H3,(H,26,31). The second kappa shape index (κ2) is 9.93. The Morgan fingerprint density at radius 1 is 1.06 bits per heavy atom. The summed E-state index contributed by atoms with van der Waals surface area (Å²) in [4.78, 5) is 4.70.